The van der Waals surface area contributed by atoms with E-state index >= 15 is 0 Å². The Labute approximate surface area is 131 Å². The van der Waals surface area contributed by atoms with Crippen LogP contribution in [0.4, 0.5) is 0 Å². The Bertz CT molecular complexity index is 536. The molecule has 1 aromatic rings. The fourth-order valence-corrected chi connectivity index (χ4v) is 2.29. The Morgan fingerprint density at radius 3 is 2.71 bits per heavy atom. The van der Waals surface area contributed by atoms with Gasteiger partial charge in [-0.05, 0) is 25.6 Å². The van der Waals surface area contributed by atoms with Crippen LogP contribution < -0.4 is 15.2 Å². The average molecular weight is 308 g/mol. The Hall–Kier alpha value is -1.71. The van der Waals surface area contributed by atoms with Crippen LogP contribution in [0.25, 0.3) is 5.57 Å². The largest absolute Gasteiger partial charge is 0.486 e. The minimum Gasteiger partial charge on any atom is -0.486 e. The molecule has 21 heavy (non-hydrogen) atoms. The summed E-state index contributed by atoms with van der Waals surface area (Å²) < 4.78 is 11.3. The maximum absolute atomic E-state index is 6.33. The van der Waals surface area contributed by atoms with Crippen molar-refractivity contribution in [2.24, 2.45) is 5.73 Å². The van der Waals surface area contributed by atoms with Crippen molar-refractivity contribution in [3.05, 3.63) is 53.6 Å². The first-order chi connectivity index (χ1) is 10.3. The van der Waals surface area contributed by atoms with E-state index in [4.69, 9.17) is 21.1 Å². The zero-order valence-electron chi connectivity index (χ0n) is 12.6. The summed E-state index contributed by atoms with van der Waals surface area (Å²) in [5.74, 6) is 1.54. The third kappa shape index (κ3) is 4.38. The molecule has 1 heterocycles. The molecule has 0 spiro atoms. The SMILES string of the molecule is C=C/C=C(Cl)\C(=C/CC)c1cccc2c1OCCO2.CN. The Morgan fingerprint density at radius 1 is 1.33 bits per heavy atom. The van der Waals surface area contributed by atoms with Crippen LogP contribution in [0, 0.1) is 0 Å². The summed E-state index contributed by atoms with van der Waals surface area (Å²) >= 11 is 6.33. The van der Waals surface area contributed by atoms with E-state index in [2.05, 4.69) is 25.3 Å². The summed E-state index contributed by atoms with van der Waals surface area (Å²) in [5.41, 5.74) is 6.41. The molecule has 0 bridgehead atoms. The summed E-state index contributed by atoms with van der Waals surface area (Å²) in [5, 5.41) is 0.652. The Kier molecular flexibility index (Phi) is 7.65. The highest BCUT2D eigenvalue weighted by atomic mass is 35.5. The van der Waals surface area contributed by atoms with Gasteiger partial charge in [-0.3, -0.25) is 0 Å². The predicted octanol–water partition coefficient (Wildman–Crippen LogP) is 4.13. The van der Waals surface area contributed by atoms with E-state index in [0.29, 0.717) is 18.2 Å². The number of hydrogen-bond donors (Lipinski definition) is 1. The summed E-state index contributed by atoms with van der Waals surface area (Å²) in [4.78, 5) is 0. The number of allylic oxidation sites excluding steroid dienone is 5. The van der Waals surface area contributed by atoms with Crippen molar-refractivity contribution in [1.82, 2.24) is 0 Å². The van der Waals surface area contributed by atoms with Crippen molar-refractivity contribution < 1.29 is 9.47 Å². The molecular formula is C17H22ClNO2. The maximum atomic E-state index is 6.33. The van der Waals surface area contributed by atoms with E-state index in [1.54, 1.807) is 12.2 Å². The van der Waals surface area contributed by atoms with Crippen molar-refractivity contribution in [2.45, 2.75) is 13.3 Å². The van der Waals surface area contributed by atoms with Gasteiger partial charge in [0.05, 0.1) is 0 Å². The first kappa shape index (κ1) is 17.3. The smallest absolute Gasteiger partial charge is 0.169 e. The third-order valence-electron chi connectivity index (χ3n) is 2.79. The van der Waals surface area contributed by atoms with Gasteiger partial charge in [0.15, 0.2) is 11.5 Å². The lowest BCUT2D eigenvalue weighted by molar-refractivity contribution is 0.171. The molecule has 114 valence electrons. The summed E-state index contributed by atoms with van der Waals surface area (Å²) in [6.07, 6.45) is 6.43. The molecule has 0 amide bonds. The highest BCUT2D eigenvalue weighted by Gasteiger charge is 2.19. The molecular weight excluding hydrogens is 286 g/mol. The molecule has 0 fully saturated rings. The second-order valence-electron chi connectivity index (χ2n) is 4.11. The molecule has 0 unspecified atom stereocenters. The van der Waals surface area contributed by atoms with Crippen LogP contribution in [0.2, 0.25) is 0 Å². The van der Waals surface area contributed by atoms with Gasteiger partial charge in [-0.15, -0.1) is 0 Å². The Balaban J connectivity index is 0.00000106. The molecule has 2 N–H and O–H groups in total. The third-order valence-corrected chi connectivity index (χ3v) is 3.12. The van der Waals surface area contributed by atoms with Crippen molar-refractivity contribution in [3.63, 3.8) is 0 Å². The van der Waals surface area contributed by atoms with Crippen molar-refractivity contribution >= 4 is 17.2 Å². The molecule has 0 aliphatic carbocycles. The fourth-order valence-electron chi connectivity index (χ4n) is 2.02. The fraction of sp³-hybridized carbons (Fsp3) is 0.294. The topological polar surface area (TPSA) is 44.5 Å². The van der Waals surface area contributed by atoms with E-state index in [0.717, 1.165) is 29.1 Å². The quantitative estimate of drug-likeness (QED) is 0.850. The van der Waals surface area contributed by atoms with Gasteiger partial charge in [-0.2, -0.15) is 0 Å². The molecule has 4 heteroatoms. The molecule has 1 aliphatic rings. The molecule has 0 radical (unpaired) electrons. The number of rotatable bonds is 4. The van der Waals surface area contributed by atoms with Crippen molar-refractivity contribution in [3.8, 4) is 11.5 Å². The molecule has 3 nitrogen and oxygen atoms in total. The van der Waals surface area contributed by atoms with Crippen LogP contribution in [0.5, 0.6) is 11.5 Å². The zero-order chi connectivity index (χ0) is 15.7. The van der Waals surface area contributed by atoms with E-state index in [1.165, 1.54) is 7.05 Å². The van der Waals surface area contributed by atoms with Gasteiger partial charge in [-0.25, -0.2) is 0 Å². The van der Waals surface area contributed by atoms with Gasteiger partial charge in [0.2, 0.25) is 0 Å². The van der Waals surface area contributed by atoms with E-state index in [-0.39, 0.29) is 0 Å². The van der Waals surface area contributed by atoms with Gasteiger partial charge < -0.3 is 15.2 Å². The molecule has 1 aliphatic heterocycles. The van der Waals surface area contributed by atoms with E-state index in [1.807, 2.05) is 18.2 Å². The minimum absolute atomic E-state index is 0.562. The molecule has 2 rings (SSSR count). The lowest BCUT2D eigenvalue weighted by Crippen LogP contribution is -2.16. The number of nitrogens with two attached hydrogens (primary N) is 1. The van der Waals surface area contributed by atoms with Crippen molar-refractivity contribution in [1.29, 1.82) is 0 Å². The number of para-hydroxylation sites is 1. The zero-order valence-corrected chi connectivity index (χ0v) is 13.3. The molecule has 1 aromatic carbocycles. The van der Waals surface area contributed by atoms with Gasteiger partial charge in [-0.1, -0.05) is 49.4 Å². The Morgan fingerprint density at radius 2 is 2.05 bits per heavy atom. The highest BCUT2D eigenvalue weighted by molar-refractivity contribution is 6.37. The van der Waals surface area contributed by atoms with Crippen molar-refractivity contribution in [2.75, 3.05) is 20.3 Å². The molecule has 0 aromatic heterocycles. The number of halogens is 1. The number of fused-ring (bicyclic) bond motifs is 1. The van der Waals surface area contributed by atoms with Crippen LogP contribution in [0.15, 0.2) is 48.0 Å². The van der Waals surface area contributed by atoms with Crippen LogP contribution in [-0.4, -0.2) is 20.3 Å². The highest BCUT2D eigenvalue weighted by Crippen LogP contribution is 2.40. The van der Waals surface area contributed by atoms with Crippen LogP contribution >= 0.6 is 11.6 Å². The monoisotopic (exact) mass is 307 g/mol. The molecule has 0 saturated heterocycles. The minimum atomic E-state index is 0.562. The first-order valence-electron chi connectivity index (χ1n) is 6.93. The maximum Gasteiger partial charge on any atom is 0.169 e. The number of ether oxygens (including phenoxy) is 2. The average Bonchev–Trinajstić information content (AvgIpc) is 2.54. The predicted molar refractivity (Wildman–Crippen MR) is 89.9 cm³/mol. The summed E-state index contributed by atoms with van der Waals surface area (Å²) in [6, 6.07) is 5.85. The van der Waals surface area contributed by atoms with Crippen LogP contribution in [0.1, 0.15) is 18.9 Å². The summed E-state index contributed by atoms with van der Waals surface area (Å²) in [7, 11) is 1.50. The van der Waals surface area contributed by atoms with E-state index < -0.39 is 0 Å². The second-order valence-corrected chi connectivity index (χ2v) is 4.51. The van der Waals surface area contributed by atoms with E-state index in [9.17, 15) is 0 Å². The summed E-state index contributed by atoms with van der Waals surface area (Å²) in [6.45, 7) is 6.90. The van der Waals surface area contributed by atoms with Gasteiger partial charge >= 0.3 is 0 Å². The van der Waals surface area contributed by atoms with Crippen LogP contribution in [-0.2, 0) is 0 Å². The second kappa shape index (κ2) is 9.27. The first-order valence-corrected chi connectivity index (χ1v) is 7.31. The standard InChI is InChI=1S/C16H17ClO2.CH5N/c1-3-6-12(14(17)7-4-2)13-8-5-9-15-16(13)19-11-10-18-15;1-2/h4-9H,2-3,10-11H2,1H3;2H2,1H3/b12-6-,14-7+;. The lowest BCUT2D eigenvalue weighted by Gasteiger charge is -2.22. The normalized spacial score (nSPS) is 14.1. The van der Waals surface area contributed by atoms with Gasteiger partial charge in [0.1, 0.15) is 13.2 Å². The van der Waals surface area contributed by atoms with Gasteiger partial charge in [0, 0.05) is 16.2 Å². The lowest BCUT2D eigenvalue weighted by atomic mass is 10.0. The number of hydrogen-bond acceptors (Lipinski definition) is 3. The molecule has 0 saturated carbocycles. The number of benzene rings is 1. The van der Waals surface area contributed by atoms with Gasteiger partial charge in [0.25, 0.3) is 0 Å². The van der Waals surface area contributed by atoms with Crippen LogP contribution in [0.3, 0.4) is 0 Å². The molecule has 0 atom stereocenters.